The highest BCUT2D eigenvalue weighted by atomic mass is 127. The highest BCUT2D eigenvalue weighted by Gasteiger charge is 2.06. The van der Waals surface area contributed by atoms with Crippen LogP contribution in [0.4, 0.5) is 0 Å². The summed E-state index contributed by atoms with van der Waals surface area (Å²) in [5.41, 5.74) is 0.747. The van der Waals surface area contributed by atoms with Crippen LogP contribution < -0.4 is 5.32 Å². The van der Waals surface area contributed by atoms with Crippen LogP contribution in [-0.2, 0) is 4.74 Å². The van der Waals surface area contributed by atoms with Crippen molar-refractivity contribution in [2.45, 2.75) is 6.42 Å². The van der Waals surface area contributed by atoms with Gasteiger partial charge in [-0.1, -0.05) is 0 Å². The molecule has 0 aliphatic rings. The van der Waals surface area contributed by atoms with Crippen LogP contribution in [0.15, 0.2) is 11.4 Å². The van der Waals surface area contributed by atoms with Crippen molar-refractivity contribution in [1.82, 2.24) is 5.32 Å². The first-order valence-corrected chi connectivity index (χ1v) is 6.21. The molecule has 0 radical (unpaired) electrons. The highest BCUT2D eigenvalue weighted by Crippen LogP contribution is 2.16. The summed E-state index contributed by atoms with van der Waals surface area (Å²) in [6, 6.07) is 1.89. The summed E-state index contributed by atoms with van der Waals surface area (Å²) in [5, 5.41) is 4.70. The fraction of sp³-hybridized carbons (Fsp3) is 0.444. The van der Waals surface area contributed by atoms with Crippen LogP contribution in [0, 0.1) is 2.88 Å². The minimum Gasteiger partial charge on any atom is -0.385 e. The molecular formula is C9H12INO2S. The van der Waals surface area contributed by atoms with Gasteiger partial charge in [-0.2, -0.15) is 0 Å². The fourth-order valence-corrected chi connectivity index (χ4v) is 2.28. The van der Waals surface area contributed by atoms with E-state index in [0.29, 0.717) is 13.2 Å². The molecule has 0 spiro atoms. The van der Waals surface area contributed by atoms with Gasteiger partial charge in [-0.3, -0.25) is 4.79 Å². The van der Waals surface area contributed by atoms with Crippen molar-refractivity contribution in [1.29, 1.82) is 0 Å². The standard InChI is InChI=1S/C9H12INO2S/c1-13-4-2-3-11-9(12)7-5-8(10)14-6-7/h5-6H,2-4H2,1H3,(H,11,12). The van der Waals surface area contributed by atoms with Crippen molar-refractivity contribution in [3.8, 4) is 0 Å². The second kappa shape index (κ2) is 6.36. The highest BCUT2D eigenvalue weighted by molar-refractivity contribution is 14.1. The van der Waals surface area contributed by atoms with Gasteiger partial charge in [-0.05, 0) is 35.1 Å². The maximum Gasteiger partial charge on any atom is 0.252 e. The Kier molecular flexibility index (Phi) is 5.42. The van der Waals surface area contributed by atoms with Crippen molar-refractivity contribution in [2.24, 2.45) is 0 Å². The van der Waals surface area contributed by atoms with Gasteiger partial charge < -0.3 is 10.1 Å². The van der Waals surface area contributed by atoms with Gasteiger partial charge in [0.25, 0.3) is 5.91 Å². The van der Waals surface area contributed by atoms with Crippen LogP contribution in [0.3, 0.4) is 0 Å². The Morgan fingerprint density at radius 2 is 2.50 bits per heavy atom. The van der Waals surface area contributed by atoms with Crippen LogP contribution in [0.2, 0.25) is 0 Å². The lowest BCUT2D eigenvalue weighted by Crippen LogP contribution is -2.24. The molecule has 1 aromatic heterocycles. The van der Waals surface area contributed by atoms with E-state index in [2.05, 4.69) is 27.9 Å². The Morgan fingerprint density at radius 3 is 3.07 bits per heavy atom. The first-order chi connectivity index (χ1) is 6.74. The van der Waals surface area contributed by atoms with Crippen LogP contribution in [0.1, 0.15) is 16.8 Å². The number of carbonyl (C=O) groups excluding carboxylic acids is 1. The first-order valence-electron chi connectivity index (χ1n) is 4.25. The Morgan fingerprint density at radius 1 is 1.71 bits per heavy atom. The average molecular weight is 325 g/mol. The summed E-state index contributed by atoms with van der Waals surface area (Å²) < 4.78 is 6.01. The SMILES string of the molecule is COCCCNC(=O)c1csc(I)c1. The summed E-state index contributed by atoms with van der Waals surface area (Å²) in [7, 11) is 1.66. The molecule has 14 heavy (non-hydrogen) atoms. The predicted octanol–water partition coefficient (Wildman–Crippen LogP) is 2.12. The van der Waals surface area contributed by atoms with Gasteiger partial charge in [0, 0.05) is 25.6 Å². The minimum absolute atomic E-state index is 0.000249. The van der Waals surface area contributed by atoms with E-state index in [-0.39, 0.29) is 5.91 Å². The zero-order valence-electron chi connectivity index (χ0n) is 7.88. The topological polar surface area (TPSA) is 38.3 Å². The first kappa shape index (κ1) is 11.9. The molecule has 1 heterocycles. The van der Waals surface area contributed by atoms with Crippen molar-refractivity contribution in [3.05, 3.63) is 19.9 Å². The van der Waals surface area contributed by atoms with Crippen molar-refractivity contribution >= 4 is 39.8 Å². The van der Waals surface area contributed by atoms with Gasteiger partial charge in [-0.25, -0.2) is 0 Å². The smallest absolute Gasteiger partial charge is 0.252 e. The number of methoxy groups -OCH3 is 1. The molecule has 0 fully saturated rings. The van der Waals surface area contributed by atoms with E-state index in [1.54, 1.807) is 18.4 Å². The summed E-state index contributed by atoms with van der Waals surface area (Å²) >= 11 is 3.78. The molecular weight excluding hydrogens is 313 g/mol. The summed E-state index contributed by atoms with van der Waals surface area (Å²) in [6.45, 7) is 1.35. The number of nitrogens with one attached hydrogen (secondary N) is 1. The molecule has 0 aromatic carbocycles. The van der Waals surface area contributed by atoms with E-state index in [4.69, 9.17) is 4.74 Å². The van der Waals surface area contributed by atoms with E-state index in [0.717, 1.165) is 14.9 Å². The maximum absolute atomic E-state index is 11.5. The molecule has 0 saturated heterocycles. The van der Waals surface area contributed by atoms with Crippen LogP contribution in [0.5, 0.6) is 0 Å². The Hall–Kier alpha value is -0.140. The van der Waals surface area contributed by atoms with E-state index < -0.39 is 0 Å². The summed E-state index contributed by atoms with van der Waals surface area (Å²) in [5.74, 6) is 0.000249. The van der Waals surface area contributed by atoms with Crippen molar-refractivity contribution < 1.29 is 9.53 Å². The van der Waals surface area contributed by atoms with Gasteiger partial charge in [0.15, 0.2) is 0 Å². The largest absolute Gasteiger partial charge is 0.385 e. The number of hydrogen-bond acceptors (Lipinski definition) is 3. The molecule has 0 unspecified atom stereocenters. The van der Waals surface area contributed by atoms with E-state index in [1.807, 2.05) is 11.4 Å². The zero-order valence-corrected chi connectivity index (χ0v) is 10.9. The van der Waals surface area contributed by atoms with E-state index in [1.165, 1.54) is 0 Å². The van der Waals surface area contributed by atoms with Crippen molar-refractivity contribution in [3.63, 3.8) is 0 Å². The number of thiophene rings is 1. The Balaban J connectivity index is 2.29. The molecule has 0 bridgehead atoms. The Bertz CT molecular complexity index is 301. The second-order valence-electron chi connectivity index (χ2n) is 2.74. The molecule has 1 N–H and O–H groups in total. The lowest BCUT2D eigenvalue weighted by atomic mass is 10.3. The third-order valence-corrected chi connectivity index (χ3v) is 3.43. The van der Waals surface area contributed by atoms with Gasteiger partial charge in [-0.15, -0.1) is 11.3 Å². The summed E-state index contributed by atoms with van der Waals surface area (Å²) in [4.78, 5) is 11.5. The molecule has 5 heteroatoms. The number of carbonyl (C=O) groups is 1. The fourth-order valence-electron chi connectivity index (χ4n) is 0.950. The van der Waals surface area contributed by atoms with E-state index >= 15 is 0 Å². The zero-order chi connectivity index (χ0) is 10.4. The molecule has 3 nitrogen and oxygen atoms in total. The van der Waals surface area contributed by atoms with Gasteiger partial charge in [0.05, 0.1) is 8.45 Å². The molecule has 1 amide bonds. The monoisotopic (exact) mass is 325 g/mol. The number of hydrogen-bond donors (Lipinski definition) is 1. The predicted molar refractivity (Wildman–Crippen MR) is 65.9 cm³/mol. The summed E-state index contributed by atoms with van der Waals surface area (Å²) in [6.07, 6.45) is 0.851. The van der Waals surface area contributed by atoms with Gasteiger partial charge in [0.1, 0.15) is 0 Å². The third kappa shape index (κ3) is 3.93. The van der Waals surface area contributed by atoms with Crippen LogP contribution in [0.25, 0.3) is 0 Å². The third-order valence-electron chi connectivity index (χ3n) is 1.64. The quantitative estimate of drug-likeness (QED) is 0.665. The second-order valence-corrected chi connectivity index (χ2v) is 5.55. The molecule has 0 aliphatic carbocycles. The van der Waals surface area contributed by atoms with Crippen LogP contribution in [-0.4, -0.2) is 26.2 Å². The molecule has 1 aromatic rings. The number of halogens is 1. The lowest BCUT2D eigenvalue weighted by Gasteiger charge is -2.02. The van der Waals surface area contributed by atoms with E-state index in [9.17, 15) is 4.79 Å². The molecule has 0 aliphatic heterocycles. The molecule has 78 valence electrons. The molecule has 0 saturated carbocycles. The number of amides is 1. The van der Waals surface area contributed by atoms with Gasteiger partial charge >= 0.3 is 0 Å². The number of rotatable bonds is 5. The van der Waals surface area contributed by atoms with Gasteiger partial charge in [0.2, 0.25) is 0 Å². The minimum atomic E-state index is 0.000249. The van der Waals surface area contributed by atoms with Crippen LogP contribution >= 0.6 is 33.9 Å². The lowest BCUT2D eigenvalue weighted by molar-refractivity contribution is 0.0949. The molecule has 0 atom stereocenters. The van der Waals surface area contributed by atoms with Crippen molar-refractivity contribution in [2.75, 3.05) is 20.3 Å². The normalized spacial score (nSPS) is 10.1. The average Bonchev–Trinajstić information content (AvgIpc) is 2.59. The number of ether oxygens (including phenoxy) is 1. The maximum atomic E-state index is 11.5. The Labute approximate surface area is 101 Å². The molecule has 1 rings (SSSR count).